The number of fused-ring (bicyclic) bond motifs is 8. The van der Waals surface area contributed by atoms with E-state index in [4.69, 9.17) is 0 Å². The molecule has 0 fully saturated rings. The minimum absolute atomic E-state index is 0.626. The molecule has 0 radical (unpaired) electrons. The number of hydrogen-bond acceptors (Lipinski definition) is 8. The second kappa shape index (κ2) is 37.7. The quantitative estimate of drug-likeness (QED) is 0.0763. The molecule has 0 amide bonds. The van der Waals surface area contributed by atoms with Gasteiger partial charge in [0, 0.05) is 97.9 Å². The van der Waals surface area contributed by atoms with E-state index in [0.717, 1.165) is 52.4 Å². The van der Waals surface area contributed by atoms with Gasteiger partial charge in [-0.2, -0.15) is 0 Å². The van der Waals surface area contributed by atoms with Gasteiger partial charge in [-0.1, -0.05) is 220 Å². The van der Waals surface area contributed by atoms with Crippen molar-refractivity contribution < 1.29 is 0 Å². The van der Waals surface area contributed by atoms with Crippen LogP contribution < -0.4 is 42.5 Å². The van der Waals surface area contributed by atoms with Crippen molar-refractivity contribution in [3.8, 4) is 0 Å². The third kappa shape index (κ3) is 21.1. The van der Waals surface area contributed by atoms with Crippen LogP contribution in [0.25, 0.3) is 0 Å². The Morgan fingerprint density at radius 3 is 1.03 bits per heavy atom. The van der Waals surface area contributed by atoms with Crippen molar-refractivity contribution in [2.45, 2.75) is 235 Å². The number of hydrogen-bond donors (Lipinski definition) is 8. The Bertz CT molecular complexity index is 3610. The van der Waals surface area contributed by atoms with Crippen LogP contribution in [0.4, 0.5) is 45.5 Å². The van der Waals surface area contributed by atoms with Crippen LogP contribution in [-0.2, 0) is 51.4 Å². The molecule has 0 saturated carbocycles. The second-order valence-corrected chi connectivity index (χ2v) is 31.2. The minimum Gasteiger partial charge on any atom is -0.385 e. The molecule has 100 heavy (non-hydrogen) atoms. The Balaban J connectivity index is 0.000000133. The molecule has 0 spiro atoms. The summed E-state index contributed by atoms with van der Waals surface area (Å²) in [6.07, 6.45) is 14.8. The smallest absolute Gasteiger partial charge is 0.0408 e. The van der Waals surface area contributed by atoms with E-state index in [1.807, 2.05) is 0 Å². The molecule has 0 aromatic heterocycles. The van der Waals surface area contributed by atoms with E-state index in [2.05, 4.69) is 299 Å². The Labute approximate surface area is 606 Å². The predicted molar refractivity (Wildman–Crippen MR) is 440 cm³/mol. The summed E-state index contributed by atoms with van der Waals surface area (Å²) in [7, 11) is 0. The molecular formula is C92H128N8. The predicted octanol–water partition coefficient (Wildman–Crippen LogP) is 23.8. The molecule has 0 bridgehead atoms. The SMILES string of the molecule is CC(C)c1ccc2c(c1)CCCN2.CC(C)c1ccc2c(c1)CCN2.CC(C)c1ccc2c(c1)NCC2.CC(C)c1ccc2c(c1)NCCC2.CC(C)c1cccc2c1CCCN2.CC(C)c1cccc2c1CCN2.CC(C)c1cccc2c1NCC2.CC(C)c1cccc2c1NCCC2. The van der Waals surface area contributed by atoms with Gasteiger partial charge in [0.25, 0.3) is 0 Å². The number of rotatable bonds is 8. The largest absolute Gasteiger partial charge is 0.385 e. The van der Waals surface area contributed by atoms with Crippen molar-refractivity contribution in [1.82, 2.24) is 0 Å². The summed E-state index contributed by atoms with van der Waals surface area (Å²) in [5, 5.41) is 27.5. The summed E-state index contributed by atoms with van der Waals surface area (Å²) < 4.78 is 0. The number of benzene rings is 8. The van der Waals surface area contributed by atoms with E-state index < -0.39 is 0 Å². The lowest BCUT2D eigenvalue weighted by Gasteiger charge is -2.22. The van der Waals surface area contributed by atoms with Gasteiger partial charge in [0.1, 0.15) is 0 Å². The molecule has 0 saturated heterocycles. The van der Waals surface area contributed by atoms with Gasteiger partial charge in [-0.15, -0.1) is 0 Å². The molecule has 536 valence electrons. The molecule has 8 heterocycles. The van der Waals surface area contributed by atoms with Crippen LogP contribution in [0.1, 0.15) is 273 Å². The lowest BCUT2D eigenvalue weighted by molar-refractivity contribution is 0.782. The molecule has 8 nitrogen and oxygen atoms in total. The highest BCUT2D eigenvalue weighted by atomic mass is 14.9. The van der Waals surface area contributed by atoms with Crippen molar-refractivity contribution in [3.05, 3.63) is 235 Å². The molecular weight excluding hydrogens is 1220 g/mol. The molecule has 16 rings (SSSR count). The van der Waals surface area contributed by atoms with Crippen molar-refractivity contribution >= 4 is 45.5 Å². The molecule has 8 N–H and O–H groups in total. The van der Waals surface area contributed by atoms with Crippen molar-refractivity contribution in [2.75, 3.05) is 94.9 Å². The van der Waals surface area contributed by atoms with Gasteiger partial charge in [0.15, 0.2) is 0 Å². The average Bonchev–Trinajstić information content (AvgIpc) is 1.74. The Kier molecular flexibility index (Phi) is 28.8. The molecule has 8 aliphatic heterocycles. The summed E-state index contributed by atoms with van der Waals surface area (Å²) in [6.45, 7) is 45.0. The highest BCUT2D eigenvalue weighted by molar-refractivity contribution is 5.64. The standard InChI is InChI=1S/4C12H17N.4C11H15N/c1-9(2)10-5-3-7-12-11(10)6-4-8-13-12;1-9(2)11-7-3-5-10-6-4-8-13-12(10)11;1-9(2)10-5-6-12-11(8-10)4-3-7-13-12;1-9(2)11-6-5-10-4-3-7-13-12(10)8-11;1-8(2)9-3-4-11-10(7-9)5-6-12-11;1-8(2)10-4-3-9-5-6-12-11(9)7-10;1-8(2)9-4-3-5-11-10(9)6-7-12-11;1-8(2)10-5-3-4-9-6-7-12-11(9)10/h2*3,5,7,9,13H,4,6,8H2,1-2H3;2*5-6,8-9,13H,3-4,7H2,1-2H3;2*3-4,7-8,12H,5-6H2,1-2H3;2*3-5,8,12H,6-7H2,1-2H3. The molecule has 8 aromatic carbocycles. The summed E-state index contributed by atoms with van der Waals surface area (Å²) in [5.41, 5.74) is 34.6. The average molecular weight is 1350 g/mol. The zero-order chi connectivity index (χ0) is 71.2. The number of anilines is 8. The third-order valence-corrected chi connectivity index (χ3v) is 21.0. The number of aryl methyl sites for hydroxylation is 3. The van der Waals surface area contributed by atoms with Crippen molar-refractivity contribution in [2.24, 2.45) is 0 Å². The number of para-hydroxylation sites is 2. The lowest BCUT2D eigenvalue weighted by atomic mass is 9.91. The van der Waals surface area contributed by atoms with Gasteiger partial charge in [0.2, 0.25) is 0 Å². The Hall–Kier alpha value is -7.84. The second-order valence-electron chi connectivity index (χ2n) is 31.2. The lowest BCUT2D eigenvalue weighted by Crippen LogP contribution is -2.14. The molecule has 0 unspecified atom stereocenters. The third-order valence-electron chi connectivity index (χ3n) is 21.0. The van der Waals surface area contributed by atoms with Crippen LogP contribution in [0.2, 0.25) is 0 Å². The highest BCUT2D eigenvalue weighted by Crippen LogP contribution is 2.36. The first-order chi connectivity index (χ1) is 48.2. The van der Waals surface area contributed by atoms with E-state index in [1.54, 1.807) is 5.56 Å². The Morgan fingerprint density at radius 2 is 0.520 bits per heavy atom. The Morgan fingerprint density at radius 1 is 0.210 bits per heavy atom. The highest BCUT2D eigenvalue weighted by Gasteiger charge is 2.20. The van der Waals surface area contributed by atoms with Gasteiger partial charge in [-0.3, -0.25) is 0 Å². The zero-order valence-corrected chi connectivity index (χ0v) is 64.6. The van der Waals surface area contributed by atoms with Crippen molar-refractivity contribution in [3.63, 3.8) is 0 Å². The van der Waals surface area contributed by atoms with Gasteiger partial charge >= 0.3 is 0 Å². The molecule has 8 heteroatoms. The summed E-state index contributed by atoms with van der Waals surface area (Å²) in [4.78, 5) is 0. The van der Waals surface area contributed by atoms with Crippen LogP contribution >= 0.6 is 0 Å². The molecule has 0 aliphatic carbocycles. The van der Waals surface area contributed by atoms with Gasteiger partial charge in [-0.25, -0.2) is 0 Å². The normalized spacial score (nSPS) is 15.0. The maximum Gasteiger partial charge on any atom is 0.0408 e. The van der Waals surface area contributed by atoms with Crippen LogP contribution in [0.15, 0.2) is 146 Å². The van der Waals surface area contributed by atoms with Crippen LogP contribution in [0.5, 0.6) is 0 Å². The summed E-state index contributed by atoms with van der Waals surface area (Å²) >= 11 is 0. The van der Waals surface area contributed by atoms with Gasteiger partial charge in [0.05, 0.1) is 0 Å². The molecule has 8 aliphatic rings. The molecule has 0 atom stereocenters. The fourth-order valence-electron chi connectivity index (χ4n) is 14.9. The summed E-state index contributed by atoms with van der Waals surface area (Å²) in [6, 6.07) is 53.7. The van der Waals surface area contributed by atoms with E-state index >= 15 is 0 Å². The van der Waals surface area contributed by atoms with Crippen LogP contribution in [-0.4, -0.2) is 52.4 Å². The fourth-order valence-corrected chi connectivity index (χ4v) is 14.9. The van der Waals surface area contributed by atoms with E-state index in [1.165, 1.54) is 206 Å². The van der Waals surface area contributed by atoms with E-state index in [-0.39, 0.29) is 0 Å². The molecule has 8 aromatic rings. The first-order valence-corrected chi connectivity index (χ1v) is 39.1. The maximum atomic E-state index is 3.51. The van der Waals surface area contributed by atoms with Gasteiger partial charge < -0.3 is 42.5 Å². The summed E-state index contributed by atoms with van der Waals surface area (Å²) in [5.74, 6) is 5.12. The minimum atomic E-state index is 0.626. The van der Waals surface area contributed by atoms with Crippen molar-refractivity contribution in [1.29, 1.82) is 0 Å². The zero-order valence-electron chi connectivity index (χ0n) is 64.6. The van der Waals surface area contributed by atoms with E-state index in [9.17, 15) is 0 Å². The van der Waals surface area contributed by atoms with Crippen LogP contribution in [0, 0.1) is 0 Å². The topological polar surface area (TPSA) is 96.2 Å². The maximum absolute atomic E-state index is 3.51. The van der Waals surface area contributed by atoms with E-state index in [0.29, 0.717) is 47.3 Å². The number of nitrogens with one attached hydrogen (secondary N) is 8. The van der Waals surface area contributed by atoms with Gasteiger partial charge in [-0.05, 0) is 250 Å². The fraction of sp³-hybridized carbons (Fsp3) is 0.478. The first-order valence-electron chi connectivity index (χ1n) is 39.1. The monoisotopic (exact) mass is 1350 g/mol. The van der Waals surface area contributed by atoms with Crippen LogP contribution in [0.3, 0.4) is 0 Å². The first kappa shape index (κ1) is 76.3.